The lowest BCUT2D eigenvalue weighted by Crippen LogP contribution is -2.66. The fourth-order valence-electron chi connectivity index (χ4n) is 11.4. The van der Waals surface area contributed by atoms with Crippen molar-refractivity contribution in [3.63, 3.8) is 0 Å². The highest BCUT2D eigenvalue weighted by atomic mass is 16.4. The number of ketones is 1. The highest BCUT2D eigenvalue weighted by molar-refractivity contribution is 6.04. The van der Waals surface area contributed by atoms with Crippen LogP contribution in [0.2, 0.25) is 0 Å². The summed E-state index contributed by atoms with van der Waals surface area (Å²) in [6.07, 6.45) is 11.4. The minimum atomic E-state index is -0.635. The second-order valence-corrected chi connectivity index (χ2v) is 17.5. The van der Waals surface area contributed by atoms with Gasteiger partial charge in [-0.1, -0.05) is 74.0 Å². The summed E-state index contributed by atoms with van der Waals surface area (Å²) in [5.41, 5.74) is 0.192. The Morgan fingerprint density at radius 3 is 2.24 bits per heavy atom. The summed E-state index contributed by atoms with van der Waals surface area (Å²) in [5.74, 6) is 0.0498. The van der Waals surface area contributed by atoms with Gasteiger partial charge < -0.3 is 10.4 Å². The lowest BCUT2D eigenvalue weighted by atomic mass is 9.33. The van der Waals surface area contributed by atoms with Crippen LogP contribution in [-0.4, -0.2) is 29.3 Å². The molecule has 0 radical (unpaired) electrons. The van der Waals surface area contributed by atoms with Crippen molar-refractivity contribution in [3.05, 3.63) is 11.6 Å². The van der Waals surface area contributed by atoms with Crippen LogP contribution in [0.1, 0.15) is 127 Å². The van der Waals surface area contributed by atoms with Crippen LogP contribution in [0, 0.1) is 62.1 Å². The van der Waals surface area contributed by atoms with Crippen molar-refractivity contribution in [2.24, 2.45) is 62.1 Å². The highest BCUT2D eigenvalue weighted by Gasteiger charge is 2.70. The zero-order valence-electron chi connectivity index (χ0n) is 27.4. The van der Waals surface area contributed by atoms with Gasteiger partial charge in [-0.3, -0.25) is 14.4 Å². The molecule has 0 aromatic heterocycles. The van der Waals surface area contributed by atoms with E-state index in [1.54, 1.807) is 0 Å². The zero-order chi connectivity index (χ0) is 30.4. The van der Waals surface area contributed by atoms with Gasteiger partial charge in [0.2, 0.25) is 5.91 Å². The monoisotopic (exact) mass is 567 g/mol. The SMILES string of the molecule is CC(C)CCNC(=O)C1C[C@@]2(C)C(CC[C@]3(C)C2CC=C2C4CC(C)(C)CC[C@]4(C(=O)O)CC[C@]23C)C(C)(C)C1=O. The van der Waals surface area contributed by atoms with E-state index in [-0.39, 0.29) is 45.2 Å². The van der Waals surface area contributed by atoms with Crippen molar-refractivity contribution in [3.8, 4) is 0 Å². The first-order chi connectivity index (χ1) is 18.9. The Balaban J connectivity index is 1.53. The Kier molecular flexibility index (Phi) is 7.27. The number of aliphatic carboxylic acids is 1. The van der Waals surface area contributed by atoms with Gasteiger partial charge >= 0.3 is 5.97 Å². The second kappa shape index (κ2) is 9.68. The van der Waals surface area contributed by atoms with Crippen LogP contribution in [0.15, 0.2) is 11.6 Å². The minimum absolute atomic E-state index is 0.00369. The summed E-state index contributed by atoms with van der Waals surface area (Å²) in [4.78, 5) is 40.4. The molecule has 0 heterocycles. The van der Waals surface area contributed by atoms with E-state index in [0.717, 1.165) is 57.8 Å². The van der Waals surface area contributed by atoms with Gasteiger partial charge in [-0.25, -0.2) is 0 Å². The molecular weight excluding hydrogens is 510 g/mol. The molecule has 0 aromatic rings. The van der Waals surface area contributed by atoms with Crippen molar-refractivity contribution >= 4 is 17.7 Å². The molecule has 4 saturated carbocycles. The fourth-order valence-corrected chi connectivity index (χ4v) is 11.4. The van der Waals surface area contributed by atoms with Crippen LogP contribution >= 0.6 is 0 Å². The van der Waals surface area contributed by atoms with Crippen LogP contribution in [0.3, 0.4) is 0 Å². The molecule has 0 spiro atoms. The number of allylic oxidation sites excluding steroid dienone is 2. The predicted molar refractivity (Wildman–Crippen MR) is 163 cm³/mol. The van der Waals surface area contributed by atoms with Gasteiger partial charge in [-0.15, -0.1) is 0 Å². The van der Waals surface area contributed by atoms with E-state index in [2.05, 4.69) is 73.7 Å². The molecule has 0 aliphatic heterocycles. The largest absolute Gasteiger partial charge is 0.481 e. The maximum atomic E-state index is 13.9. The van der Waals surface area contributed by atoms with Crippen molar-refractivity contribution in [1.29, 1.82) is 0 Å². The van der Waals surface area contributed by atoms with E-state index in [9.17, 15) is 19.5 Å². The first-order valence-electron chi connectivity index (χ1n) is 16.6. The molecule has 4 fully saturated rings. The average molecular weight is 568 g/mol. The predicted octanol–water partition coefficient (Wildman–Crippen LogP) is 7.83. The topological polar surface area (TPSA) is 83.5 Å². The molecule has 0 saturated heterocycles. The number of carbonyl (C=O) groups excluding carboxylic acids is 2. The van der Waals surface area contributed by atoms with Crippen molar-refractivity contribution in [1.82, 2.24) is 5.32 Å². The molecule has 41 heavy (non-hydrogen) atoms. The summed E-state index contributed by atoms with van der Waals surface area (Å²) >= 11 is 0. The first kappa shape index (κ1) is 30.8. The third kappa shape index (κ3) is 4.32. The molecular formula is C36H57NO4. The maximum Gasteiger partial charge on any atom is 0.310 e. The molecule has 4 unspecified atom stereocenters. The fraction of sp³-hybridized carbons (Fsp3) is 0.861. The van der Waals surface area contributed by atoms with Gasteiger partial charge in [0, 0.05) is 12.0 Å². The van der Waals surface area contributed by atoms with Gasteiger partial charge in [0.25, 0.3) is 0 Å². The van der Waals surface area contributed by atoms with Gasteiger partial charge in [-0.05, 0) is 110 Å². The van der Waals surface area contributed by atoms with Crippen LogP contribution < -0.4 is 5.32 Å². The van der Waals surface area contributed by atoms with E-state index >= 15 is 0 Å². The number of nitrogens with one attached hydrogen (secondary N) is 1. The number of fused-ring (bicyclic) bond motifs is 7. The van der Waals surface area contributed by atoms with Gasteiger partial charge in [-0.2, -0.15) is 0 Å². The Bertz CT molecular complexity index is 1150. The van der Waals surface area contributed by atoms with Crippen LogP contribution in [0.25, 0.3) is 0 Å². The van der Waals surface area contributed by atoms with Gasteiger partial charge in [0.15, 0.2) is 5.78 Å². The zero-order valence-corrected chi connectivity index (χ0v) is 27.4. The number of carboxylic acid groups (broad SMARTS) is 1. The van der Waals surface area contributed by atoms with E-state index in [0.29, 0.717) is 24.8 Å². The molecule has 5 aliphatic rings. The third-order valence-electron chi connectivity index (χ3n) is 14.1. The Labute approximate surface area is 249 Å². The van der Waals surface area contributed by atoms with E-state index in [4.69, 9.17) is 0 Å². The van der Waals surface area contributed by atoms with E-state index in [1.807, 2.05) is 0 Å². The number of Topliss-reactive ketones (excluding diaryl/α,β-unsaturated/α-hetero) is 1. The van der Waals surface area contributed by atoms with Gasteiger partial charge in [0.1, 0.15) is 0 Å². The molecule has 5 heteroatoms. The van der Waals surface area contributed by atoms with E-state index < -0.39 is 22.7 Å². The molecule has 0 aromatic carbocycles. The second-order valence-electron chi connectivity index (χ2n) is 17.5. The summed E-state index contributed by atoms with van der Waals surface area (Å²) in [5, 5.41) is 13.7. The molecule has 5 nitrogen and oxygen atoms in total. The summed E-state index contributed by atoms with van der Waals surface area (Å²) in [6.45, 7) is 21.1. The van der Waals surface area contributed by atoms with Crippen LogP contribution in [0.4, 0.5) is 0 Å². The molecule has 5 rings (SSSR count). The van der Waals surface area contributed by atoms with Crippen LogP contribution in [-0.2, 0) is 14.4 Å². The Hall–Kier alpha value is -1.65. The van der Waals surface area contributed by atoms with Crippen molar-refractivity contribution in [2.75, 3.05) is 6.54 Å². The van der Waals surface area contributed by atoms with Crippen molar-refractivity contribution < 1.29 is 19.5 Å². The quantitative estimate of drug-likeness (QED) is 0.262. The van der Waals surface area contributed by atoms with Gasteiger partial charge in [0.05, 0.1) is 11.3 Å². The molecule has 230 valence electrons. The first-order valence-corrected chi connectivity index (χ1v) is 16.6. The number of carbonyl (C=O) groups is 3. The summed E-state index contributed by atoms with van der Waals surface area (Å²) in [7, 11) is 0. The number of carboxylic acids is 1. The third-order valence-corrected chi connectivity index (χ3v) is 14.1. The molecule has 0 bridgehead atoms. The molecule has 8 atom stereocenters. The number of hydrogen-bond donors (Lipinski definition) is 2. The standard InChI is InChI=1S/C36H57NO4/c1-22(2)13-19-37-29(39)23-20-33(7)26(32(5,6)28(23)38)12-14-35(9)27(33)11-10-24-25-21-31(3,4)15-17-36(25,30(40)41)18-16-34(24,35)8/h10,22-23,25-27H,11-21H2,1-9H3,(H,37,39)(H,40,41)/t23?,25?,26?,27?,33-,34+,35+,36-/m0/s1. The maximum absolute atomic E-state index is 13.9. The Morgan fingerprint density at radius 1 is 0.951 bits per heavy atom. The minimum Gasteiger partial charge on any atom is -0.481 e. The number of rotatable bonds is 5. The van der Waals surface area contributed by atoms with Crippen LogP contribution in [0.5, 0.6) is 0 Å². The smallest absolute Gasteiger partial charge is 0.310 e. The molecule has 5 aliphatic carbocycles. The normalized spacial score (nSPS) is 44.5. The number of hydrogen-bond acceptors (Lipinski definition) is 3. The summed E-state index contributed by atoms with van der Waals surface area (Å²) in [6, 6.07) is 0. The average Bonchev–Trinajstić information content (AvgIpc) is 2.86. The summed E-state index contributed by atoms with van der Waals surface area (Å²) < 4.78 is 0. The lowest BCUT2D eigenvalue weighted by molar-refractivity contribution is -0.195. The molecule has 2 N–H and O–H groups in total. The molecule has 1 amide bonds. The number of amides is 1. The van der Waals surface area contributed by atoms with E-state index in [1.165, 1.54) is 5.57 Å². The Morgan fingerprint density at radius 2 is 1.61 bits per heavy atom. The highest BCUT2D eigenvalue weighted by Crippen LogP contribution is 2.75. The lowest BCUT2D eigenvalue weighted by Gasteiger charge is -2.70. The van der Waals surface area contributed by atoms with Crippen molar-refractivity contribution in [2.45, 2.75) is 127 Å².